The molecule has 0 fully saturated rings. The molecule has 8 heteroatoms. The molecule has 0 aliphatic heterocycles. The normalized spacial score (nSPS) is 11.4. The molecule has 3 aromatic carbocycles. The van der Waals surface area contributed by atoms with Crippen LogP contribution in [0.1, 0.15) is 11.1 Å². The van der Waals surface area contributed by atoms with E-state index in [9.17, 15) is 13.7 Å². The highest BCUT2D eigenvalue weighted by Gasteiger charge is 2.24. The highest BCUT2D eigenvalue weighted by molar-refractivity contribution is 7.89. The number of nitrogens with zero attached hydrogens (tertiary/aromatic N) is 4. The molecular formula is C24H19ClN4O2S. The number of hydrogen-bond acceptors (Lipinski definition) is 4. The molecule has 4 rings (SSSR count). The number of halogens is 1. The van der Waals surface area contributed by atoms with Crippen LogP contribution in [0, 0.1) is 11.3 Å². The van der Waals surface area contributed by atoms with Gasteiger partial charge in [0.1, 0.15) is 6.07 Å². The topological polar surface area (TPSA) is 79.0 Å². The van der Waals surface area contributed by atoms with E-state index in [-0.39, 0.29) is 22.0 Å². The van der Waals surface area contributed by atoms with Gasteiger partial charge >= 0.3 is 0 Å². The molecule has 0 aliphatic rings. The third-order valence-corrected chi connectivity index (χ3v) is 7.15. The van der Waals surface area contributed by atoms with E-state index in [2.05, 4.69) is 0 Å². The van der Waals surface area contributed by atoms with E-state index in [1.807, 2.05) is 72.9 Å². The number of benzene rings is 3. The number of sulfonamides is 1. The van der Waals surface area contributed by atoms with Gasteiger partial charge in [0, 0.05) is 30.9 Å². The van der Waals surface area contributed by atoms with Crippen molar-refractivity contribution in [2.24, 2.45) is 0 Å². The van der Waals surface area contributed by atoms with Crippen LogP contribution in [0.5, 0.6) is 0 Å². The van der Waals surface area contributed by atoms with Crippen LogP contribution < -0.4 is 0 Å². The number of para-hydroxylation sites is 1. The Morgan fingerprint density at radius 2 is 1.69 bits per heavy atom. The van der Waals surface area contributed by atoms with Crippen LogP contribution in [-0.4, -0.2) is 29.6 Å². The molecule has 0 saturated carbocycles. The Labute approximate surface area is 192 Å². The van der Waals surface area contributed by atoms with E-state index in [0.29, 0.717) is 5.69 Å². The molecule has 0 spiro atoms. The van der Waals surface area contributed by atoms with Crippen molar-refractivity contribution in [3.8, 4) is 23.0 Å². The minimum absolute atomic E-state index is 0.0117. The SMILES string of the molecule is CN(Cc1cn(-c2ccccc2)nc1-c1ccccc1)S(=O)(=O)c1ccc(Cl)c(C#N)c1. The standard InChI is InChI=1S/C24H19ClN4O2S/c1-28(32(30,31)22-12-13-23(25)19(14-22)15-26)16-20-17-29(21-10-6-3-7-11-21)27-24(20)18-8-4-2-5-9-18/h2-14,17H,16H2,1H3. The lowest BCUT2D eigenvalue weighted by atomic mass is 10.1. The van der Waals surface area contributed by atoms with Gasteiger partial charge < -0.3 is 0 Å². The van der Waals surface area contributed by atoms with Gasteiger partial charge in [-0.05, 0) is 30.3 Å². The van der Waals surface area contributed by atoms with Crippen LogP contribution in [0.3, 0.4) is 0 Å². The van der Waals surface area contributed by atoms with Gasteiger partial charge in [0.15, 0.2) is 0 Å². The Bertz CT molecular complexity index is 1400. The molecule has 160 valence electrons. The predicted molar refractivity (Wildman–Crippen MR) is 124 cm³/mol. The third kappa shape index (κ3) is 4.30. The molecule has 0 aliphatic carbocycles. The first-order valence-corrected chi connectivity index (χ1v) is 11.6. The summed E-state index contributed by atoms with van der Waals surface area (Å²) >= 11 is 5.96. The fourth-order valence-electron chi connectivity index (χ4n) is 3.33. The maximum absolute atomic E-state index is 13.2. The lowest BCUT2D eigenvalue weighted by Gasteiger charge is -2.17. The Morgan fingerprint density at radius 3 is 2.34 bits per heavy atom. The number of nitriles is 1. The lowest BCUT2D eigenvalue weighted by molar-refractivity contribution is 0.467. The summed E-state index contributed by atoms with van der Waals surface area (Å²) in [5.74, 6) is 0. The van der Waals surface area contributed by atoms with Crippen molar-refractivity contribution in [1.82, 2.24) is 14.1 Å². The van der Waals surface area contributed by atoms with Crippen LogP contribution in [0.15, 0.2) is 90.0 Å². The van der Waals surface area contributed by atoms with Crippen molar-refractivity contribution in [2.75, 3.05) is 7.05 Å². The second kappa shape index (κ2) is 8.97. The minimum Gasteiger partial charge on any atom is -0.240 e. The van der Waals surface area contributed by atoms with Crippen LogP contribution in [0.25, 0.3) is 16.9 Å². The zero-order valence-electron chi connectivity index (χ0n) is 17.2. The quantitative estimate of drug-likeness (QED) is 0.409. The summed E-state index contributed by atoms with van der Waals surface area (Å²) in [7, 11) is -2.35. The van der Waals surface area contributed by atoms with Crippen molar-refractivity contribution in [1.29, 1.82) is 5.26 Å². The van der Waals surface area contributed by atoms with E-state index in [0.717, 1.165) is 16.8 Å². The van der Waals surface area contributed by atoms with Crippen LogP contribution in [0.4, 0.5) is 0 Å². The molecule has 6 nitrogen and oxygen atoms in total. The molecule has 0 atom stereocenters. The summed E-state index contributed by atoms with van der Waals surface area (Å²) < 4.78 is 29.4. The smallest absolute Gasteiger partial charge is 0.240 e. The van der Waals surface area contributed by atoms with Gasteiger partial charge in [0.05, 0.1) is 26.9 Å². The molecule has 0 bridgehead atoms. The largest absolute Gasteiger partial charge is 0.243 e. The van der Waals surface area contributed by atoms with E-state index in [1.165, 1.54) is 29.6 Å². The fraction of sp³-hybridized carbons (Fsp3) is 0.0833. The highest BCUT2D eigenvalue weighted by atomic mass is 35.5. The van der Waals surface area contributed by atoms with Crippen molar-refractivity contribution in [3.63, 3.8) is 0 Å². The summed E-state index contributed by atoms with van der Waals surface area (Å²) in [6.07, 6.45) is 1.84. The summed E-state index contributed by atoms with van der Waals surface area (Å²) in [6, 6.07) is 25.3. The molecule has 4 aromatic rings. The van der Waals surface area contributed by atoms with Crippen LogP contribution >= 0.6 is 11.6 Å². The lowest BCUT2D eigenvalue weighted by Crippen LogP contribution is -2.26. The van der Waals surface area contributed by atoms with E-state index < -0.39 is 10.0 Å². The zero-order chi connectivity index (χ0) is 22.7. The minimum atomic E-state index is -3.85. The molecule has 1 aromatic heterocycles. The van der Waals surface area contributed by atoms with Gasteiger partial charge in [-0.3, -0.25) is 0 Å². The second-order valence-electron chi connectivity index (χ2n) is 7.16. The first-order valence-electron chi connectivity index (χ1n) is 9.75. The van der Waals surface area contributed by atoms with E-state index in [1.54, 1.807) is 4.68 Å². The van der Waals surface area contributed by atoms with Crippen LogP contribution in [-0.2, 0) is 16.6 Å². The Kier molecular flexibility index (Phi) is 6.10. The summed E-state index contributed by atoms with van der Waals surface area (Å²) in [5.41, 5.74) is 3.33. The van der Waals surface area contributed by atoms with Gasteiger partial charge in [-0.25, -0.2) is 13.1 Å². The molecule has 32 heavy (non-hydrogen) atoms. The Morgan fingerprint density at radius 1 is 1.03 bits per heavy atom. The average molecular weight is 463 g/mol. The molecule has 0 radical (unpaired) electrons. The Balaban J connectivity index is 1.73. The molecule has 1 heterocycles. The third-order valence-electron chi connectivity index (χ3n) is 5.02. The van der Waals surface area contributed by atoms with Gasteiger partial charge in [-0.1, -0.05) is 60.1 Å². The summed E-state index contributed by atoms with van der Waals surface area (Å²) in [4.78, 5) is 0.0117. The van der Waals surface area contributed by atoms with E-state index >= 15 is 0 Å². The maximum atomic E-state index is 13.2. The van der Waals surface area contributed by atoms with Gasteiger partial charge in [0.2, 0.25) is 10.0 Å². The van der Waals surface area contributed by atoms with Crippen molar-refractivity contribution in [2.45, 2.75) is 11.4 Å². The monoisotopic (exact) mass is 462 g/mol. The first-order chi connectivity index (χ1) is 15.4. The van der Waals surface area contributed by atoms with E-state index in [4.69, 9.17) is 16.7 Å². The molecule has 0 amide bonds. The molecule has 0 unspecified atom stereocenters. The number of aromatic nitrogens is 2. The Hall–Kier alpha value is -3.44. The first kappa shape index (κ1) is 21.8. The van der Waals surface area contributed by atoms with Gasteiger partial charge in [-0.2, -0.15) is 14.7 Å². The molecular weight excluding hydrogens is 444 g/mol. The average Bonchev–Trinajstić information content (AvgIpc) is 3.24. The van der Waals surface area contributed by atoms with Gasteiger partial charge in [0.25, 0.3) is 0 Å². The summed E-state index contributed by atoms with van der Waals surface area (Å²) in [6.45, 7) is 0.101. The zero-order valence-corrected chi connectivity index (χ0v) is 18.8. The fourth-order valence-corrected chi connectivity index (χ4v) is 4.67. The van der Waals surface area contributed by atoms with Gasteiger partial charge in [-0.15, -0.1) is 0 Å². The second-order valence-corrected chi connectivity index (χ2v) is 9.62. The molecule has 0 saturated heterocycles. The van der Waals surface area contributed by atoms with Crippen molar-refractivity contribution >= 4 is 21.6 Å². The number of hydrogen-bond donors (Lipinski definition) is 0. The summed E-state index contributed by atoms with van der Waals surface area (Å²) in [5, 5.41) is 14.1. The predicted octanol–water partition coefficient (Wildman–Crippen LogP) is 4.89. The van der Waals surface area contributed by atoms with Crippen molar-refractivity contribution in [3.05, 3.63) is 101 Å². The van der Waals surface area contributed by atoms with Crippen molar-refractivity contribution < 1.29 is 8.42 Å². The maximum Gasteiger partial charge on any atom is 0.243 e. The molecule has 0 N–H and O–H groups in total. The number of rotatable bonds is 6. The van der Waals surface area contributed by atoms with Crippen LogP contribution in [0.2, 0.25) is 5.02 Å². The highest BCUT2D eigenvalue weighted by Crippen LogP contribution is 2.27.